The Kier molecular flexibility index (Phi) is 4.70. The van der Waals surface area contributed by atoms with Crippen LogP contribution in [0.3, 0.4) is 0 Å². The van der Waals surface area contributed by atoms with Crippen molar-refractivity contribution in [1.29, 1.82) is 0 Å². The second-order valence-corrected chi connectivity index (χ2v) is 5.02. The van der Waals surface area contributed by atoms with Crippen molar-refractivity contribution in [3.8, 4) is 0 Å². The van der Waals surface area contributed by atoms with Crippen molar-refractivity contribution in [2.75, 3.05) is 26.2 Å². The first-order valence-electron chi connectivity index (χ1n) is 6.66. The van der Waals surface area contributed by atoms with Gasteiger partial charge in [0, 0.05) is 31.0 Å². The summed E-state index contributed by atoms with van der Waals surface area (Å²) in [4.78, 5) is 18.1. The molecule has 1 aliphatic heterocycles. The number of rotatable bonds is 4. The number of hydrogen-bond donors (Lipinski definition) is 1. The van der Waals surface area contributed by atoms with Gasteiger partial charge < -0.3 is 10.2 Å². The second kappa shape index (κ2) is 6.50. The lowest BCUT2D eigenvalue weighted by Crippen LogP contribution is -2.39. The maximum absolute atomic E-state index is 11.8. The third kappa shape index (κ3) is 3.81. The van der Waals surface area contributed by atoms with Crippen molar-refractivity contribution in [2.24, 2.45) is 5.92 Å². The van der Waals surface area contributed by atoms with Gasteiger partial charge in [0.1, 0.15) is 0 Å². The predicted molar refractivity (Wildman–Crippen MR) is 71.4 cm³/mol. The molecule has 0 saturated carbocycles. The van der Waals surface area contributed by atoms with Crippen LogP contribution in [-0.2, 0) is 0 Å². The molecule has 1 aromatic heterocycles. The summed E-state index contributed by atoms with van der Waals surface area (Å²) >= 11 is 0. The molecule has 18 heavy (non-hydrogen) atoms. The molecule has 1 aromatic rings. The first kappa shape index (κ1) is 13.0. The highest BCUT2D eigenvalue weighted by Gasteiger charge is 2.15. The molecule has 0 bridgehead atoms. The van der Waals surface area contributed by atoms with E-state index in [1.807, 2.05) is 0 Å². The average Bonchev–Trinajstić information content (AvgIpc) is 2.42. The lowest BCUT2D eigenvalue weighted by molar-refractivity contribution is 0.0944. The highest BCUT2D eigenvalue weighted by molar-refractivity contribution is 5.93. The molecule has 0 spiro atoms. The first-order chi connectivity index (χ1) is 8.75. The molecule has 1 N–H and O–H groups in total. The number of nitrogens with one attached hydrogen (secondary N) is 1. The minimum atomic E-state index is -0.0113. The molecule has 0 radical (unpaired) electrons. The average molecular weight is 247 g/mol. The Morgan fingerprint density at radius 2 is 2.06 bits per heavy atom. The highest BCUT2D eigenvalue weighted by Crippen LogP contribution is 2.15. The summed E-state index contributed by atoms with van der Waals surface area (Å²) < 4.78 is 0. The van der Waals surface area contributed by atoms with Gasteiger partial charge >= 0.3 is 0 Å². The largest absolute Gasteiger partial charge is 0.351 e. The standard InChI is InChI=1S/C14H21N3O/c1-12-4-9-17(10-5-12)11-8-16-14(18)13-2-6-15-7-3-13/h2-3,6-7,12H,4-5,8-11H2,1H3,(H,16,18). The summed E-state index contributed by atoms with van der Waals surface area (Å²) in [6, 6.07) is 3.47. The summed E-state index contributed by atoms with van der Waals surface area (Å²) in [5.41, 5.74) is 0.678. The van der Waals surface area contributed by atoms with Gasteiger partial charge in [-0.05, 0) is 44.0 Å². The number of nitrogens with zero attached hydrogens (tertiary/aromatic N) is 2. The molecule has 4 nitrogen and oxygen atoms in total. The molecule has 98 valence electrons. The zero-order valence-electron chi connectivity index (χ0n) is 10.9. The van der Waals surface area contributed by atoms with Crippen LogP contribution in [0.2, 0.25) is 0 Å². The molecule has 0 aromatic carbocycles. The lowest BCUT2D eigenvalue weighted by Gasteiger charge is -2.30. The van der Waals surface area contributed by atoms with E-state index in [1.54, 1.807) is 24.5 Å². The Hall–Kier alpha value is -1.42. The van der Waals surface area contributed by atoms with Crippen LogP contribution in [0.25, 0.3) is 0 Å². The molecule has 2 rings (SSSR count). The maximum Gasteiger partial charge on any atom is 0.251 e. The van der Waals surface area contributed by atoms with Crippen molar-refractivity contribution in [3.05, 3.63) is 30.1 Å². The van der Waals surface area contributed by atoms with Crippen LogP contribution < -0.4 is 5.32 Å². The molecule has 0 atom stereocenters. The number of carbonyl (C=O) groups excluding carboxylic acids is 1. The molecular formula is C14H21N3O. The molecule has 2 heterocycles. The second-order valence-electron chi connectivity index (χ2n) is 5.02. The third-order valence-corrected chi connectivity index (χ3v) is 3.53. The van der Waals surface area contributed by atoms with Gasteiger partial charge in [-0.15, -0.1) is 0 Å². The highest BCUT2D eigenvalue weighted by atomic mass is 16.1. The van der Waals surface area contributed by atoms with E-state index in [0.29, 0.717) is 5.56 Å². The normalized spacial score (nSPS) is 17.6. The van der Waals surface area contributed by atoms with Gasteiger partial charge in [0.25, 0.3) is 5.91 Å². The van der Waals surface area contributed by atoms with E-state index in [-0.39, 0.29) is 5.91 Å². The number of carbonyl (C=O) groups is 1. The maximum atomic E-state index is 11.8. The summed E-state index contributed by atoms with van der Waals surface area (Å²) in [6.07, 6.45) is 5.83. The molecular weight excluding hydrogens is 226 g/mol. The molecule has 1 amide bonds. The van der Waals surface area contributed by atoms with E-state index < -0.39 is 0 Å². The molecule has 1 saturated heterocycles. The van der Waals surface area contributed by atoms with Crippen LogP contribution >= 0.6 is 0 Å². The topological polar surface area (TPSA) is 45.2 Å². The minimum Gasteiger partial charge on any atom is -0.351 e. The molecule has 1 aliphatic rings. The Labute approximate surface area is 108 Å². The van der Waals surface area contributed by atoms with Crippen LogP contribution in [0.1, 0.15) is 30.1 Å². The number of amides is 1. The summed E-state index contributed by atoms with van der Waals surface area (Å²) in [7, 11) is 0. The Bertz CT molecular complexity index is 372. The monoisotopic (exact) mass is 247 g/mol. The van der Waals surface area contributed by atoms with E-state index in [0.717, 1.165) is 32.1 Å². The van der Waals surface area contributed by atoms with Gasteiger partial charge in [0.05, 0.1) is 0 Å². The van der Waals surface area contributed by atoms with Crippen molar-refractivity contribution >= 4 is 5.91 Å². The molecule has 0 unspecified atom stereocenters. The quantitative estimate of drug-likeness (QED) is 0.878. The fraction of sp³-hybridized carbons (Fsp3) is 0.571. The van der Waals surface area contributed by atoms with Gasteiger partial charge in [0.15, 0.2) is 0 Å². The molecule has 4 heteroatoms. The molecule has 0 aliphatic carbocycles. The van der Waals surface area contributed by atoms with Crippen molar-refractivity contribution in [3.63, 3.8) is 0 Å². The van der Waals surface area contributed by atoms with E-state index in [9.17, 15) is 4.79 Å². The van der Waals surface area contributed by atoms with Crippen LogP contribution in [0.5, 0.6) is 0 Å². The number of pyridine rings is 1. The number of aromatic nitrogens is 1. The van der Waals surface area contributed by atoms with Gasteiger partial charge in [-0.2, -0.15) is 0 Å². The lowest BCUT2D eigenvalue weighted by atomic mass is 9.99. The van der Waals surface area contributed by atoms with E-state index in [2.05, 4.69) is 22.1 Å². The number of hydrogen-bond acceptors (Lipinski definition) is 3. The van der Waals surface area contributed by atoms with Gasteiger partial charge in [0.2, 0.25) is 0 Å². The van der Waals surface area contributed by atoms with Crippen molar-refractivity contribution in [1.82, 2.24) is 15.2 Å². The van der Waals surface area contributed by atoms with Crippen LogP contribution in [0.15, 0.2) is 24.5 Å². The van der Waals surface area contributed by atoms with Gasteiger partial charge in [-0.3, -0.25) is 9.78 Å². The molecule has 1 fully saturated rings. The van der Waals surface area contributed by atoms with Crippen LogP contribution in [-0.4, -0.2) is 42.0 Å². The van der Waals surface area contributed by atoms with Gasteiger partial charge in [-0.1, -0.05) is 6.92 Å². The third-order valence-electron chi connectivity index (χ3n) is 3.53. The summed E-state index contributed by atoms with van der Waals surface area (Å²) in [5.74, 6) is 0.843. The minimum absolute atomic E-state index is 0.0113. The predicted octanol–water partition coefficient (Wildman–Crippen LogP) is 1.54. The van der Waals surface area contributed by atoms with E-state index in [4.69, 9.17) is 0 Å². The zero-order chi connectivity index (χ0) is 12.8. The van der Waals surface area contributed by atoms with E-state index >= 15 is 0 Å². The van der Waals surface area contributed by atoms with Gasteiger partial charge in [-0.25, -0.2) is 0 Å². The Balaban J connectivity index is 1.68. The van der Waals surface area contributed by atoms with E-state index in [1.165, 1.54) is 12.8 Å². The Morgan fingerprint density at radius 1 is 1.39 bits per heavy atom. The smallest absolute Gasteiger partial charge is 0.251 e. The SMILES string of the molecule is CC1CCN(CCNC(=O)c2ccncc2)CC1. The number of likely N-dealkylation sites (tertiary alicyclic amines) is 1. The summed E-state index contributed by atoms with van der Waals surface area (Å²) in [5, 5.41) is 2.95. The van der Waals surface area contributed by atoms with Crippen LogP contribution in [0, 0.1) is 5.92 Å². The fourth-order valence-electron chi connectivity index (χ4n) is 2.22. The van der Waals surface area contributed by atoms with Crippen LogP contribution in [0.4, 0.5) is 0 Å². The number of piperidine rings is 1. The van der Waals surface area contributed by atoms with Crippen molar-refractivity contribution in [2.45, 2.75) is 19.8 Å². The first-order valence-corrected chi connectivity index (χ1v) is 6.66. The zero-order valence-corrected chi connectivity index (χ0v) is 10.9. The fourth-order valence-corrected chi connectivity index (χ4v) is 2.22. The Morgan fingerprint density at radius 3 is 2.72 bits per heavy atom. The summed E-state index contributed by atoms with van der Waals surface area (Å²) in [6.45, 7) is 6.29. The van der Waals surface area contributed by atoms with Crippen molar-refractivity contribution < 1.29 is 4.79 Å².